The van der Waals surface area contributed by atoms with E-state index in [-0.39, 0.29) is 25.1 Å². The van der Waals surface area contributed by atoms with Crippen LogP contribution >= 0.6 is 0 Å². The number of hydrogen-bond acceptors (Lipinski definition) is 10. The van der Waals surface area contributed by atoms with Gasteiger partial charge in [0.05, 0.1) is 18.2 Å². The molecule has 10 N–H and O–H groups in total. The molecule has 16 heteroatoms. The highest BCUT2D eigenvalue weighted by molar-refractivity contribution is 5.96. The number of nitrogens with zero attached hydrogens (tertiary/aromatic N) is 1. The minimum Gasteiger partial charge on any atom is -0.508 e. The summed E-state index contributed by atoms with van der Waals surface area (Å²) in [5.74, 6) is -6.21. The zero-order chi connectivity index (χ0) is 32.4. The van der Waals surface area contributed by atoms with E-state index < -0.39 is 90.8 Å². The first-order valence-electron chi connectivity index (χ1n) is 13.7. The van der Waals surface area contributed by atoms with Gasteiger partial charge < -0.3 is 52.1 Å². The van der Waals surface area contributed by atoms with Crippen molar-refractivity contribution >= 4 is 35.6 Å². The molecular formula is C27H39N5O11. The van der Waals surface area contributed by atoms with E-state index in [2.05, 4.69) is 16.0 Å². The predicted octanol–water partition coefficient (Wildman–Crippen LogP) is -2.58. The molecule has 1 fully saturated rings. The number of hydrogen-bond donors (Lipinski definition) is 9. The van der Waals surface area contributed by atoms with Gasteiger partial charge in [0.2, 0.25) is 23.6 Å². The fourth-order valence-electron chi connectivity index (χ4n) is 4.56. The first-order valence-corrected chi connectivity index (χ1v) is 13.7. The predicted molar refractivity (Wildman–Crippen MR) is 148 cm³/mol. The Morgan fingerprint density at radius 2 is 1.51 bits per heavy atom. The molecule has 0 spiro atoms. The summed E-state index contributed by atoms with van der Waals surface area (Å²) in [7, 11) is 0. The first kappa shape index (κ1) is 34.9. The van der Waals surface area contributed by atoms with Crippen LogP contribution in [0, 0.1) is 0 Å². The molecule has 1 aromatic carbocycles. The summed E-state index contributed by atoms with van der Waals surface area (Å²) >= 11 is 0. The summed E-state index contributed by atoms with van der Waals surface area (Å²) < 4.78 is 0. The summed E-state index contributed by atoms with van der Waals surface area (Å²) in [5, 5.41) is 54.6. The Morgan fingerprint density at radius 3 is 2.05 bits per heavy atom. The minimum absolute atomic E-state index is 0.0313. The second-order valence-corrected chi connectivity index (χ2v) is 10.5. The van der Waals surface area contributed by atoms with Crippen LogP contribution in [-0.2, 0) is 35.2 Å². The van der Waals surface area contributed by atoms with Gasteiger partial charge in [-0.2, -0.15) is 0 Å². The molecule has 1 saturated heterocycles. The fraction of sp³-hybridized carbons (Fsp3) is 0.556. The van der Waals surface area contributed by atoms with Crippen molar-refractivity contribution in [1.82, 2.24) is 20.9 Å². The third-order valence-corrected chi connectivity index (χ3v) is 6.94. The van der Waals surface area contributed by atoms with Crippen molar-refractivity contribution in [1.29, 1.82) is 0 Å². The average Bonchev–Trinajstić information content (AvgIpc) is 3.42. The van der Waals surface area contributed by atoms with E-state index in [0.717, 1.165) is 11.8 Å². The maximum Gasteiger partial charge on any atom is 0.328 e. The number of rotatable bonds is 15. The van der Waals surface area contributed by atoms with Crippen molar-refractivity contribution in [3.05, 3.63) is 29.8 Å². The molecule has 4 amide bonds. The molecule has 1 aromatic rings. The van der Waals surface area contributed by atoms with E-state index in [4.69, 9.17) is 10.8 Å². The first-order chi connectivity index (χ1) is 20.1. The number of nitrogens with two attached hydrogens (primary N) is 1. The number of carbonyl (C=O) groups excluding carboxylic acids is 4. The normalized spacial score (nSPS) is 18.8. The molecule has 0 saturated carbocycles. The summed E-state index contributed by atoms with van der Waals surface area (Å²) in [4.78, 5) is 75.9. The molecule has 0 unspecified atom stereocenters. The number of aliphatic hydroxyl groups is 2. The van der Waals surface area contributed by atoms with Gasteiger partial charge in [-0.15, -0.1) is 0 Å². The van der Waals surface area contributed by atoms with E-state index in [0.29, 0.717) is 12.0 Å². The van der Waals surface area contributed by atoms with Crippen LogP contribution in [0.25, 0.3) is 0 Å². The van der Waals surface area contributed by atoms with E-state index in [9.17, 15) is 49.2 Å². The van der Waals surface area contributed by atoms with Gasteiger partial charge in [-0.1, -0.05) is 12.1 Å². The minimum atomic E-state index is -1.72. The summed E-state index contributed by atoms with van der Waals surface area (Å²) in [6.45, 7) is 2.47. The monoisotopic (exact) mass is 609 g/mol. The van der Waals surface area contributed by atoms with Gasteiger partial charge in [0.25, 0.3) is 0 Å². The summed E-state index contributed by atoms with van der Waals surface area (Å²) in [6, 6.07) is -0.969. The van der Waals surface area contributed by atoms with Gasteiger partial charge in [-0.05, 0) is 57.2 Å². The Morgan fingerprint density at radius 1 is 0.930 bits per heavy atom. The molecule has 238 valence electrons. The zero-order valence-electron chi connectivity index (χ0n) is 23.8. The number of phenolic OH excluding ortho intramolecular Hbond substituents is 1. The van der Waals surface area contributed by atoms with Crippen molar-refractivity contribution in [2.45, 2.75) is 88.4 Å². The van der Waals surface area contributed by atoms with Crippen LogP contribution in [0.5, 0.6) is 5.75 Å². The summed E-state index contributed by atoms with van der Waals surface area (Å²) in [5.41, 5.74) is 6.63. The number of amides is 4. The second kappa shape index (κ2) is 15.8. The van der Waals surface area contributed by atoms with Crippen LogP contribution in [0.4, 0.5) is 0 Å². The van der Waals surface area contributed by atoms with Gasteiger partial charge in [-0.25, -0.2) is 4.79 Å². The maximum absolute atomic E-state index is 13.4. The number of phenols is 1. The lowest BCUT2D eigenvalue weighted by Gasteiger charge is -2.31. The highest BCUT2D eigenvalue weighted by Crippen LogP contribution is 2.20. The highest BCUT2D eigenvalue weighted by atomic mass is 16.4. The number of nitrogens with one attached hydrogen (secondary N) is 3. The zero-order valence-corrected chi connectivity index (χ0v) is 23.8. The Labute approximate surface area is 247 Å². The maximum atomic E-state index is 13.4. The van der Waals surface area contributed by atoms with Crippen molar-refractivity contribution in [2.24, 2.45) is 5.73 Å². The van der Waals surface area contributed by atoms with Crippen LogP contribution in [-0.4, -0.2) is 115 Å². The molecule has 2 rings (SSSR count). The van der Waals surface area contributed by atoms with Gasteiger partial charge in [0.1, 0.15) is 23.9 Å². The van der Waals surface area contributed by atoms with E-state index in [1.165, 1.54) is 19.1 Å². The van der Waals surface area contributed by atoms with Crippen molar-refractivity contribution in [3.8, 4) is 5.75 Å². The number of aliphatic carboxylic acids is 2. The molecule has 1 heterocycles. The molecule has 0 bridgehead atoms. The Balaban J connectivity index is 2.15. The average molecular weight is 610 g/mol. The smallest absolute Gasteiger partial charge is 0.328 e. The molecule has 43 heavy (non-hydrogen) atoms. The lowest BCUT2D eigenvalue weighted by molar-refractivity contribution is -0.146. The van der Waals surface area contributed by atoms with Crippen LogP contribution in [0.2, 0.25) is 0 Å². The lowest BCUT2D eigenvalue weighted by Crippen LogP contribution is -2.60. The molecule has 1 aliphatic heterocycles. The van der Waals surface area contributed by atoms with Crippen LogP contribution in [0.1, 0.15) is 45.1 Å². The van der Waals surface area contributed by atoms with Gasteiger partial charge in [0.15, 0.2) is 6.04 Å². The van der Waals surface area contributed by atoms with E-state index in [1.807, 2.05) is 0 Å². The Bertz CT molecular complexity index is 1170. The second-order valence-electron chi connectivity index (χ2n) is 10.5. The van der Waals surface area contributed by atoms with Crippen molar-refractivity contribution < 1.29 is 54.3 Å². The van der Waals surface area contributed by atoms with Crippen LogP contribution < -0.4 is 21.7 Å². The summed E-state index contributed by atoms with van der Waals surface area (Å²) in [6.07, 6.45) is -3.27. The lowest BCUT2D eigenvalue weighted by atomic mass is 10.0. The Kier molecular flexibility index (Phi) is 12.8. The molecular weight excluding hydrogens is 570 g/mol. The number of carboxylic acid groups (broad SMARTS) is 2. The molecule has 7 atom stereocenters. The van der Waals surface area contributed by atoms with Crippen LogP contribution in [0.3, 0.4) is 0 Å². The number of aliphatic hydroxyl groups excluding tert-OH is 2. The molecule has 0 radical (unpaired) electrons. The Hall–Kier alpha value is -4.28. The number of likely N-dealkylation sites (tertiary alicyclic amines) is 1. The third-order valence-electron chi connectivity index (χ3n) is 6.94. The number of carboxylic acids is 2. The van der Waals surface area contributed by atoms with Gasteiger partial charge in [0, 0.05) is 13.0 Å². The van der Waals surface area contributed by atoms with Crippen molar-refractivity contribution in [2.75, 3.05) is 6.54 Å². The molecule has 0 aliphatic carbocycles. The SMILES string of the molecule is C[C@@H](O)[C@H](NC(=O)[C@H](CCC(=O)O)NC(=O)[C@@H]1CCCN1C(=O)[C@@H](NC(=O)[C@@H](N)Cc1ccc(O)cc1)[C@@H](C)O)C(=O)O. The van der Waals surface area contributed by atoms with Gasteiger partial charge >= 0.3 is 11.9 Å². The number of benzene rings is 1. The van der Waals surface area contributed by atoms with E-state index in [1.54, 1.807) is 12.1 Å². The highest BCUT2D eigenvalue weighted by Gasteiger charge is 2.41. The van der Waals surface area contributed by atoms with Crippen molar-refractivity contribution in [3.63, 3.8) is 0 Å². The molecule has 16 nitrogen and oxygen atoms in total. The number of carbonyl (C=O) groups is 6. The van der Waals surface area contributed by atoms with Crippen LogP contribution in [0.15, 0.2) is 24.3 Å². The largest absolute Gasteiger partial charge is 0.508 e. The molecule has 0 aromatic heterocycles. The van der Waals surface area contributed by atoms with E-state index >= 15 is 0 Å². The molecule has 1 aliphatic rings. The number of aromatic hydroxyl groups is 1. The topological polar surface area (TPSA) is 269 Å². The van der Waals surface area contributed by atoms with Gasteiger partial charge in [-0.3, -0.25) is 24.0 Å². The third kappa shape index (κ3) is 10.2. The standard InChI is InChI=1S/C27H39N5O11/c1-13(33)21(30-23(38)17(28)12-15-5-7-16(35)8-6-15)26(41)32-11-3-4-19(32)25(40)29-18(9-10-20(36)37)24(39)31-22(14(2)34)27(42)43/h5-8,13-14,17-19,21-22,33-35H,3-4,9-12,28H2,1-2H3,(H,29,40)(H,30,38)(H,31,39)(H,36,37)(H,42,43)/t13-,14-,17+,18+,19+,21+,22+/m1/s1. The quantitative estimate of drug-likeness (QED) is 0.0992. The fourth-order valence-corrected chi connectivity index (χ4v) is 4.56.